The van der Waals surface area contributed by atoms with Gasteiger partial charge in [-0.25, -0.2) is 4.79 Å². The van der Waals surface area contributed by atoms with E-state index < -0.39 is 24.4 Å². The van der Waals surface area contributed by atoms with Crippen molar-refractivity contribution in [3.8, 4) is 5.75 Å². The number of rotatable bonds is 5. The Morgan fingerprint density at radius 1 is 1.53 bits per heavy atom. The second-order valence-electron chi connectivity index (χ2n) is 4.42. The molecule has 1 unspecified atom stereocenters. The number of carbonyl (C=O) groups excluding carboxylic acids is 1. The maximum atomic E-state index is 12.9. The lowest BCUT2D eigenvalue weighted by Crippen LogP contribution is -2.26. The molecule has 6 heteroatoms. The van der Waals surface area contributed by atoms with Crippen molar-refractivity contribution in [1.29, 1.82) is 0 Å². The normalized spacial score (nSPS) is 21.2. The van der Waals surface area contributed by atoms with Crippen LogP contribution in [0.3, 0.4) is 0 Å². The molecule has 1 atom stereocenters. The van der Waals surface area contributed by atoms with Crippen molar-refractivity contribution >= 4 is 5.97 Å². The van der Waals surface area contributed by atoms with Crippen LogP contribution < -0.4 is 10.1 Å². The van der Waals surface area contributed by atoms with Gasteiger partial charge in [-0.3, -0.25) is 0 Å². The van der Waals surface area contributed by atoms with Gasteiger partial charge in [0.25, 0.3) is 0 Å². The Balaban J connectivity index is 1.79. The molecule has 0 spiro atoms. The molecule has 1 aromatic rings. The Hall–Kier alpha value is -1.69. The molecule has 1 saturated heterocycles. The van der Waals surface area contributed by atoms with Gasteiger partial charge >= 0.3 is 11.9 Å². The number of ether oxygens (including phenoxy) is 2. The van der Waals surface area contributed by atoms with E-state index in [9.17, 15) is 13.6 Å². The Kier molecular flexibility index (Phi) is 3.99. The maximum Gasteiger partial charge on any atom is 0.377 e. The molecule has 0 radical (unpaired) electrons. The second-order valence-corrected chi connectivity index (χ2v) is 4.42. The van der Waals surface area contributed by atoms with Gasteiger partial charge in [-0.1, -0.05) is 12.1 Å². The predicted molar refractivity (Wildman–Crippen MR) is 64.1 cm³/mol. The molecule has 19 heavy (non-hydrogen) atoms. The fraction of sp³-hybridized carbons (Fsp3) is 0.462. The van der Waals surface area contributed by atoms with E-state index >= 15 is 0 Å². The third kappa shape index (κ3) is 3.41. The summed E-state index contributed by atoms with van der Waals surface area (Å²) < 4.78 is 35.5. The van der Waals surface area contributed by atoms with Gasteiger partial charge in [-0.2, -0.15) is 8.78 Å². The molecule has 0 bridgehead atoms. The fourth-order valence-corrected chi connectivity index (χ4v) is 1.92. The number of alkyl halides is 2. The summed E-state index contributed by atoms with van der Waals surface area (Å²) in [6.45, 7) is 0.704. The highest BCUT2D eigenvalue weighted by Crippen LogP contribution is 2.30. The van der Waals surface area contributed by atoms with Crippen LogP contribution in [0, 0.1) is 0 Å². The number of esters is 1. The molecule has 1 N–H and O–H groups in total. The van der Waals surface area contributed by atoms with E-state index in [1.54, 1.807) is 7.11 Å². The van der Waals surface area contributed by atoms with Crippen LogP contribution in [0.5, 0.6) is 5.75 Å². The SMILES string of the molecule is COc1cccc(CNCC2CC(F)(F)C(=O)O2)c1. The summed E-state index contributed by atoms with van der Waals surface area (Å²) in [4.78, 5) is 10.8. The van der Waals surface area contributed by atoms with Crippen molar-refractivity contribution in [2.75, 3.05) is 13.7 Å². The average molecular weight is 271 g/mol. The third-order valence-electron chi connectivity index (χ3n) is 2.89. The minimum absolute atomic E-state index is 0.207. The van der Waals surface area contributed by atoms with E-state index in [0.29, 0.717) is 6.54 Å². The number of hydrogen-bond donors (Lipinski definition) is 1. The molecule has 0 saturated carbocycles. The first-order valence-electron chi connectivity index (χ1n) is 5.94. The van der Waals surface area contributed by atoms with E-state index in [0.717, 1.165) is 11.3 Å². The topological polar surface area (TPSA) is 47.6 Å². The van der Waals surface area contributed by atoms with Crippen molar-refractivity contribution in [1.82, 2.24) is 5.32 Å². The van der Waals surface area contributed by atoms with E-state index in [2.05, 4.69) is 10.1 Å². The van der Waals surface area contributed by atoms with Gasteiger partial charge in [0.15, 0.2) is 0 Å². The lowest BCUT2D eigenvalue weighted by atomic mass is 10.2. The fourth-order valence-electron chi connectivity index (χ4n) is 1.92. The van der Waals surface area contributed by atoms with Gasteiger partial charge in [0.1, 0.15) is 11.9 Å². The number of hydrogen-bond acceptors (Lipinski definition) is 4. The largest absolute Gasteiger partial charge is 0.497 e. The van der Waals surface area contributed by atoms with Crippen molar-refractivity contribution in [3.05, 3.63) is 29.8 Å². The molecule has 2 rings (SSSR count). The highest BCUT2D eigenvalue weighted by Gasteiger charge is 2.50. The third-order valence-corrected chi connectivity index (χ3v) is 2.89. The number of halogens is 2. The van der Waals surface area contributed by atoms with Crippen LogP contribution in [0.1, 0.15) is 12.0 Å². The van der Waals surface area contributed by atoms with Gasteiger partial charge in [-0.05, 0) is 17.7 Å². The van der Waals surface area contributed by atoms with Crippen LogP contribution in [0.2, 0.25) is 0 Å². The molecule has 0 aromatic heterocycles. The Bertz CT molecular complexity index is 465. The molecule has 4 nitrogen and oxygen atoms in total. The highest BCUT2D eigenvalue weighted by molar-refractivity contribution is 5.79. The predicted octanol–water partition coefficient (Wildman–Crippen LogP) is 1.74. The maximum absolute atomic E-state index is 12.9. The average Bonchev–Trinajstić information content (AvgIpc) is 2.63. The van der Waals surface area contributed by atoms with E-state index in [-0.39, 0.29) is 6.54 Å². The summed E-state index contributed by atoms with van der Waals surface area (Å²) in [6.07, 6.45) is -1.33. The Labute approximate surface area is 109 Å². The molecular formula is C13H15F2NO3. The molecular weight excluding hydrogens is 256 g/mol. The first-order chi connectivity index (χ1) is 9.01. The zero-order chi connectivity index (χ0) is 13.9. The first kappa shape index (κ1) is 13.7. The number of methoxy groups -OCH3 is 1. The van der Waals surface area contributed by atoms with E-state index in [1.165, 1.54) is 0 Å². The molecule has 104 valence electrons. The molecule has 0 amide bonds. The van der Waals surface area contributed by atoms with Gasteiger partial charge in [0.05, 0.1) is 13.5 Å². The summed E-state index contributed by atoms with van der Waals surface area (Å²) in [7, 11) is 1.58. The van der Waals surface area contributed by atoms with Crippen LogP contribution in [-0.4, -0.2) is 31.7 Å². The number of cyclic esters (lactones) is 1. The lowest BCUT2D eigenvalue weighted by Gasteiger charge is -2.10. The van der Waals surface area contributed by atoms with Gasteiger partial charge in [-0.15, -0.1) is 0 Å². The quantitative estimate of drug-likeness (QED) is 0.829. The summed E-state index contributed by atoms with van der Waals surface area (Å²) in [5.41, 5.74) is 0.968. The molecule has 1 aliphatic rings. The summed E-state index contributed by atoms with van der Waals surface area (Å²) in [5.74, 6) is -4.04. The van der Waals surface area contributed by atoms with Crippen LogP contribution in [0.15, 0.2) is 24.3 Å². The van der Waals surface area contributed by atoms with Crippen molar-refractivity contribution < 1.29 is 23.0 Å². The minimum atomic E-state index is -3.34. The molecule has 1 aromatic carbocycles. The van der Waals surface area contributed by atoms with Crippen molar-refractivity contribution in [2.45, 2.75) is 25.0 Å². The van der Waals surface area contributed by atoms with Gasteiger partial charge in [0, 0.05) is 13.1 Å². The Morgan fingerprint density at radius 2 is 2.32 bits per heavy atom. The van der Waals surface area contributed by atoms with E-state index in [4.69, 9.17) is 4.74 Å². The van der Waals surface area contributed by atoms with Crippen molar-refractivity contribution in [2.24, 2.45) is 0 Å². The molecule has 0 aliphatic carbocycles. The summed E-state index contributed by atoms with van der Waals surface area (Å²) in [5, 5.41) is 2.99. The van der Waals surface area contributed by atoms with E-state index in [1.807, 2.05) is 24.3 Å². The number of benzene rings is 1. The second kappa shape index (κ2) is 5.52. The monoisotopic (exact) mass is 271 g/mol. The molecule has 1 heterocycles. The summed E-state index contributed by atoms with van der Waals surface area (Å²) in [6, 6.07) is 7.41. The lowest BCUT2D eigenvalue weighted by molar-refractivity contribution is -0.159. The smallest absolute Gasteiger partial charge is 0.377 e. The number of carbonyl (C=O) groups is 1. The van der Waals surface area contributed by atoms with Crippen LogP contribution in [-0.2, 0) is 16.1 Å². The van der Waals surface area contributed by atoms with Crippen LogP contribution in [0.4, 0.5) is 8.78 Å². The van der Waals surface area contributed by atoms with Gasteiger partial charge in [0.2, 0.25) is 0 Å². The van der Waals surface area contributed by atoms with Gasteiger partial charge < -0.3 is 14.8 Å². The zero-order valence-corrected chi connectivity index (χ0v) is 10.5. The first-order valence-corrected chi connectivity index (χ1v) is 5.94. The standard InChI is InChI=1S/C13H15F2NO3/c1-18-10-4-2-3-9(5-10)7-16-8-11-6-13(14,15)12(17)19-11/h2-5,11,16H,6-8H2,1H3. The Morgan fingerprint density at radius 3 is 2.95 bits per heavy atom. The van der Waals surface area contributed by atoms with Crippen LogP contribution in [0.25, 0.3) is 0 Å². The molecule has 1 aliphatic heterocycles. The highest BCUT2D eigenvalue weighted by atomic mass is 19.3. The molecule has 1 fully saturated rings. The zero-order valence-electron chi connectivity index (χ0n) is 10.5. The van der Waals surface area contributed by atoms with Crippen molar-refractivity contribution in [3.63, 3.8) is 0 Å². The number of nitrogens with one attached hydrogen (secondary N) is 1. The summed E-state index contributed by atoms with van der Waals surface area (Å²) >= 11 is 0. The minimum Gasteiger partial charge on any atom is -0.497 e. The van der Waals surface area contributed by atoms with Crippen LogP contribution >= 0.6 is 0 Å².